The molecule has 6 heteroatoms. The second kappa shape index (κ2) is 9.02. The van der Waals surface area contributed by atoms with E-state index in [4.69, 9.17) is 5.10 Å². The van der Waals surface area contributed by atoms with Crippen molar-refractivity contribution in [1.82, 2.24) is 5.01 Å². The monoisotopic (exact) mass is 506 g/mol. The van der Waals surface area contributed by atoms with Crippen molar-refractivity contribution in [2.75, 3.05) is 0 Å². The van der Waals surface area contributed by atoms with Crippen molar-refractivity contribution >= 4 is 33.6 Å². The molecule has 1 amide bonds. The highest BCUT2D eigenvalue weighted by atomic mass is 79.9. The van der Waals surface area contributed by atoms with Crippen molar-refractivity contribution in [1.29, 1.82) is 0 Å². The van der Waals surface area contributed by atoms with Crippen molar-refractivity contribution in [3.05, 3.63) is 111 Å². The molecule has 0 bridgehead atoms. The highest BCUT2D eigenvalue weighted by Gasteiger charge is 2.44. The van der Waals surface area contributed by atoms with E-state index in [-0.39, 0.29) is 29.5 Å². The van der Waals surface area contributed by atoms with Gasteiger partial charge in [-0.2, -0.15) is 5.10 Å². The largest absolute Gasteiger partial charge is 0.275 e. The molecule has 1 fully saturated rings. The summed E-state index contributed by atoms with van der Waals surface area (Å²) in [4.78, 5) is 13.6. The molecule has 0 unspecified atom stereocenters. The summed E-state index contributed by atoms with van der Waals surface area (Å²) in [5.41, 5.74) is 4.19. The molecule has 0 saturated heterocycles. The van der Waals surface area contributed by atoms with E-state index in [9.17, 15) is 13.6 Å². The van der Waals surface area contributed by atoms with Crippen LogP contribution in [0.1, 0.15) is 46.8 Å². The van der Waals surface area contributed by atoms with Crippen molar-refractivity contribution in [2.24, 2.45) is 11.0 Å². The summed E-state index contributed by atoms with van der Waals surface area (Å²) in [6.45, 7) is 0. The number of rotatable bonds is 3. The van der Waals surface area contributed by atoms with Crippen LogP contribution in [0, 0.1) is 17.6 Å². The summed E-state index contributed by atoms with van der Waals surface area (Å²) in [5, 5.41) is 6.40. The first-order chi connectivity index (χ1) is 16.0. The topological polar surface area (TPSA) is 32.7 Å². The number of hydrogen-bond acceptors (Lipinski definition) is 2. The maximum Gasteiger partial charge on any atom is 0.275 e. The number of benzene rings is 3. The number of carbonyl (C=O) groups excluding carboxylic acids is 1. The Bertz CT molecular complexity index is 1250. The van der Waals surface area contributed by atoms with Crippen LogP contribution in [0.4, 0.5) is 8.78 Å². The van der Waals surface area contributed by atoms with Gasteiger partial charge >= 0.3 is 0 Å². The van der Waals surface area contributed by atoms with Gasteiger partial charge in [0.05, 0.1) is 17.3 Å². The Kier molecular flexibility index (Phi) is 5.94. The van der Waals surface area contributed by atoms with E-state index >= 15 is 0 Å². The first-order valence-electron chi connectivity index (χ1n) is 10.9. The van der Waals surface area contributed by atoms with Crippen molar-refractivity contribution in [2.45, 2.75) is 25.3 Å². The van der Waals surface area contributed by atoms with Gasteiger partial charge in [-0.25, -0.2) is 13.8 Å². The Hall–Kier alpha value is -3.12. The Labute approximate surface area is 199 Å². The zero-order valence-electron chi connectivity index (χ0n) is 17.7. The molecule has 1 heterocycles. The molecular weight excluding hydrogens is 486 g/mol. The number of hydrazone groups is 1. The number of nitrogens with zero attached hydrogens (tertiary/aromatic N) is 2. The zero-order chi connectivity index (χ0) is 22.9. The van der Waals surface area contributed by atoms with Gasteiger partial charge in [0.1, 0.15) is 11.6 Å². The van der Waals surface area contributed by atoms with E-state index in [2.05, 4.69) is 15.9 Å². The van der Waals surface area contributed by atoms with Crippen LogP contribution in [0.15, 0.2) is 87.9 Å². The molecule has 33 heavy (non-hydrogen) atoms. The second-order valence-electron chi connectivity index (χ2n) is 8.33. The number of amides is 1. The fourth-order valence-electron chi connectivity index (χ4n) is 4.68. The minimum Gasteiger partial charge on any atom is -0.267 e. The first kappa shape index (κ1) is 21.7. The van der Waals surface area contributed by atoms with Crippen LogP contribution in [0.3, 0.4) is 0 Å². The second-order valence-corrected chi connectivity index (χ2v) is 9.19. The van der Waals surface area contributed by atoms with Gasteiger partial charge in [0.2, 0.25) is 0 Å². The number of allylic oxidation sites excluding steroid dienone is 1. The molecular formula is C27H21BrF2N2O. The lowest BCUT2D eigenvalue weighted by Crippen LogP contribution is -2.32. The van der Waals surface area contributed by atoms with Gasteiger partial charge in [0.25, 0.3) is 5.91 Å². The predicted octanol–water partition coefficient (Wildman–Crippen LogP) is 7.16. The minimum absolute atomic E-state index is 0.00217. The summed E-state index contributed by atoms with van der Waals surface area (Å²) in [7, 11) is 0. The highest BCUT2D eigenvalue weighted by molar-refractivity contribution is 9.10. The van der Waals surface area contributed by atoms with Crippen molar-refractivity contribution in [3.8, 4) is 0 Å². The molecule has 3 nitrogen and oxygen atoms in total. The van der Waals surface area contributed by atoms with Crippen molar-refractivity contribution < 1.29 is 13.6 Å². The molecule has 0 N–H and O–H groups in total. The first-order valence-corrected chi connectivity index (χ1v) is 11.7. The van der Waals surface area contributed by atoms with Gasteiger partial charge in [-0.15, -0.1) is 0 Å². The van der Waals surface area contributed by atoms with Gasteiger partial charge < -0.3 is 0 Å². The van der Waals surface area contributed by atoms with E-state index < -0.39 is 0 Å². The average molecular weight is 507 g/mol. The Balaban J connectivity index is 1.59. The third kappa shape index (κ3) is 4.27. The van der Waals surface area contributed by atoms with E-state index in [1.807, 2.05) is 24.3 Å². The summed E-state index contributed by atoms with van der Waals surface area (Å²) in [5.74, 6) is -0.803. The van der Waals surface area contributed by atoms with Crippen LogP contribution < -0.4 is 0 Å². The van der Waals surface area contributed by atoms with E-state index in [0.29, 0.717) is 10.0 Å². The highest BCUT2D eigenvalue weighted by Crippen LogP contribution is 2.45. The molecule has 1 saturated carbocycles. The van der Waals surface area contributed by atoms with Gasteiger partial charge in [0, 0.05) is 10.4 Å². The quantitative estimate of drug-likeness (QED) is 0.370. The standard InChI is InChI=1S/C27H21BrF2N2O/c28-24-7-2-1-5-22(24)27(33)32-26(18-10-14-21(30)15-11-18)23-6-3-4-19(25(23)31-32)16-17-8-12-20(29)13-9-17/h1-2,5,7-16,23,26H,3-4,6H2/b19-16-/t23-,26+/m0/s1. The van der Waals surface area contributed by atoms with Gasteiger partial charge in [-0.3, -0.25) is 4.79 Å². The summed E-state index contributed by atoms with van der Waals surface area (Å²) in [6, 6.07) is 19.6. The number of hydrogen-bond donors (Lipinski definition) is 0. The van der Waals surface area contributed by atoms with Crippen LogP contribution in [0.25, 0.3) is 6.08 Å². The predicted molar refractivity (Wildman–Crippen MR) is 129 cm³/mol. The molecule has 5 rings (SSSR count). The lowest BCUT2D eigenvalue weighted by molar-refractivity contribution is 0.0680. The fraction of sp³-hybridized carbons (Fsp3) is 0.185. The number of carbonyl (C=O) groups is 1. The third-order valence-electron chi connectivity index (χ3n) is 6.24. The SMILES string of the molecule is O=C(c1ccccc1Br)N1N=C2/C(=C\c3ccc(F)cc3)CCC[C@@H]2[C@H]1c1ccc(F)cc1. The summed E-state index contributed by atoms with van der Waals surface area (Å²) >= 11 is 3.48. The van der Waals surface area contributed by atoms with E-state index in [0.717, 1.165) is 41.7 Å². The smallest absolute Gasteiger partial charge is 0.267 e. The van der Waals surface area contributed by atoms with Crippen LogP contribution in [0.5, 0.6) is 0 Å². The molecule has 3 aromatic carbocycles. The Morgan fingerprint density at radius 1 is 0.970 bits per heavy atom. The molecule has 3 aromatic rings. The van der Waals surface area contributed by atoms with E-state index in [1.54, 1.807) is 35.3 Å². The molecule has 166 valence electrons. The minimum atomic E-state index is -0.322. The molecule has 2 aliphatic rings. The number of halogens is 3. The number of fused-ring (bicyclic) bond motifs is 1. The molecule has 0 spiro atoms. The average Bonchev–Trinajstić information content (AvgIpc) is 3.22. The maximum absolute atomic E-state index is 13.7. The zero-order valence-corrected chi connectivity index (χ0v) is 19.3. The lowest BCUT2D eigenvalue weighted by atomic mass is 9.77. The Morgan fingerprint density at radius 3 is 2.33 bits per heavy atom. The summed E-state index contributed by atoms with van der Waals surface area (Å²) in [6.07, 6.45) is 4.69. The molecule has 1 aliphatic carbocycles. The van der Waals surface area contributed by atoms with Crippen LogP contribution in [-0.2, 0) is 0 Å². The molecule has 2 atom stereocenters. The maximum atomic E-state index is 13.7. The normalized spacial score (nSPS) is 21.1. The van der Waals surface area contributed by atoms with Crippen LogP contribution in [-0.4, -0.2) is 16.6 Å². The molecule has 0 radical (unpaired) electrons. The third-order valence-corrected chi connectivity index (χ3v) is 6.93. The summed E-state index contributed by atoms with van der Waals surface area (Å²) < 4.78 is 27.7. The van der Waals surface area contributed by atoms with E-state index in [1.165, 1.54) is 24.3 Å². The lowest BCUT2D eigenvalue weighted by Gasteiger charge is -2.29. The van der Waals surface area contributed by atoms with Gasteiger partial charge in [0.15, 0.2) is 0 Å². The molecule has 0 aromatic heterocycles. The molecule has 1 aliphatic heterocycles. The van der Waals surface area contributed by atoms with Crippen molar-refractivity contribution in [3.63, 3.8) is 0 Å². The van der Waals surface area contributed by atoms with Crippen LogP contribution in [0.2, 0.25) is 0 Å². The Morgan fingerprint density at radius 2 is 1.64 bits per heavy atom. The van der Waals surface area contributed by atoms with Gasteiger partial charge in [-0.05, 0) is 94.4 Å². The fourth-order valence-corrected chi connectivity index (χ4v) is 5.13. The van der Waals surface area contributed by atoms with Gasteiger partial charge in [-0.1, -0.05) is 36.4 Å². The van der Waals surface area contributed by atoms with Crippen LogP contribution >= 0.6 is 15.9 Å².